The lowest BCUT2D eigenvalue weighted by molar-refractivity contribution is 0.414. The van der Waals surface area contributed by atoms with Crippen molar-refractivity contribution in [2.24, 2.45) is 0 Å². The van der Waals surface area contributed by atoms with Crippen LogP contribution in [0.15, 0.2) is 18.2 Å². The molecule has 2 rings (SSSR count). The van der Waals surface area contributed by atoms with Gasteiger partial charge in [-0.3, -0.25) is 0 Å². The third-order valence-electron chi connectivity index (χ3n) is 2.91. The molecule has 88 valence electrons. The summed E-state index contributed by atoms with van der Waals surface area (Å²) in [6.07, 6.45) is 3.80. The fourth-order valence-electron chi connectivity index (χ4n) is 1.96. The third-order valence-corrected chi connectivity index (χ3v) is 3.22. The van der Waals surface area contributed by atoms with Crippen LogP contribution in [0, 0.1) is 0 Å². The van der Waals surface area contributed by atoms with Crippen molar-refractivity contribution in [1.29, 1.82) is 0 Å². The van der Waals surface area contributed by atoms with Gasteiger partial charge in [0.05, 0.1) is 5.02 Å². The van der Waals surface area contributed by atoms with Crippen LogP contribution in [-0.2, 0) is 0 Å². The highest BCUT2D eigenvalue weighted by atomic mass is 35.5. The van der Waals surface area contributed by atoms with Gasteiger partial charge in [0.15, 0.2) is 0 Å². The predicted octanol–water partition coefficient (Wildman–Crippen LogP) is 2.60. The molecule has 1 fully saturated rings. The highest BCUT2D eigenvalue weighted by Crippen LogP contribution is 2.26. The van der Waals surface area contributed by atoms with E-state index in [2.05, 4.69) is 10.6 Å². The molecule has 1 aliphatic rings. The summed E-state index contributed by atoms with van der Waals surface area (Å²) < 4.78 is 0. The molecule has 1 aromatic rings. The molecule has 16 heavy (non-hydrogen) atoms. The maximum absolute atomic E-state index is 9.29. The molecule has 0 aromatic heterocycles. The minimum atomic E-state index is 0.128. The van der Waals surface area contributed by atoms with Crippen LogP contribution < -0.4 is 10.6 Å². The van der Waals surface area contributed by atoms with E-state index in [1.54, 1.807) is 12.1 Å². The second-order valence-electron chi connectivity index (χ2n) is 4.19. The van der Waals surface area contributed by atoms with E-state index in [0.717, 1.165) is 18.8 Å². The van der Waals surface area contributed by atoms with Gasteiger partial charge >= 0.3 is 0 Å². The molecule has 0 aliphatic carbocycles. The number of phenols is 1. The zero-order chi connectivity index (χ0) is 11.4. The van der Waals surface area contributed by atoms with E-state index in [-0.39, 0.29) is 5.75 Å². The fourth-order valence-corrected chi connectivity index (χ4v) is 2.14. The Morgan fingerprint density at radius 2 is 2.31 bits per heavy atom. The Labute approximate surface area is 101 Å². The minimum Gasteiger partial charge on any atom is -0.506 e. The lowest BCUT2D eigenvalue weighted by Crippen LogP contribution is -2.39. The Kier molecular flexibility index (Phi) is 3.91. The summed E-state index contributed by atoms with van der Waals surface area (Å²) in [6.45, 7) is 2.02. The molecule has 0 amide bonds. The molecule has 0 spiro atoms. The Balaban J connectivity index is 1.86. The van der Waals surface area contributed by atoms with Crippen LogP contribution >= 0.6 is 11.6 Å². The molecule has 4 heteroatoms. The Morgan fingerprint density at radius 1 is 1.44 bits per heavy atom. The van der Waals surface area contributed by atoms with Crippen LogP contribution in [0.5, 0.6) is 5.75 Å². The first-order valence-electron chi connectivity index (χ1n) is 5.71. The van der Waals surface area contributed by atoms with Gasteiger partial charge in [0.25, 0.3) is 0 Å². The highest BCUT2D eigenvalue weighted by Gasteiger charge is 2.11. The highest BCUT2D eigenvalue weighted by molar-refractivity contribution is 6.32. The summed E-state index contributed by atoms with van der Waals surface area (Å²) in [5.74, 6) is 0.128. The summed E-state index contributed by atoms with van der Waals surface area (Å²) >= 11 is 5.83. The number of anilines is 1. The van der Waals surface area contributed by atoms with Crippen molar-refractivity contribution in [3.05, 3.63) is 23.2 Å². The number of hydrogen-bond acceptors (Lipinski definition) is 3. The standard InChI is InChI=1S/C12H17ClN2O/c13-11-7-9(4-5-12(11)16)15-8-10-3-1-2-6-14-10/h4-5,7,10,14-16H,1-3,6,8H2. The maximum atomic E-state index is 9.29. The van der Waals surface area contributed by atoms with Crippen LogP contribution in [0.1, 0.15) is 19.3 Å². The van der Waals surface area contributed by atoms with Crippen molar-refractivity contribution in [1.82, 2.24) is 5.32 Å². The van der Waals surface area contributed by atoms with Gasteiger partial charge in [-0.15, -0.1) is 0 Å². The maximum Gasteiger partial charge on any atom is 0.134 e. The number of hydrogen-bond donors (Lipinski definition) is 3. The van der Waals surface area contributed by atoms with Crippen LogP contribution in [0.2, 0.25) is 5.02 Å². The average molecular weight is 241 g/mol. The number of nitrogens with one attached hydrogen (secondary N) is 2. The summed E-state index contributed by atoms with van der Waals surface area (Å²) in [5, 5.41) is 16.5. The Morgan fingerprint density at radius 3 is 3.00 bits per heavy atom. The summed E-state index contributed by atoms with van der Waals surface area (Å²) in [7, 11) is 0. The van der Waals surface area contributed by atoms with Gasteiger partial charge in [0, 0.05) is 18.3 Å². The minimum absolute atomic E-state index is 0.128. The van der Waals surface area contributed by atoms with E-state index in [9.17, 15) is 5.11 Å². The molecule has 1 aromatic carbocycles. The lowest BCUT2D eigenvalue weighted by Gasteiger charge is -2.24. The third kappa shape index (κ3) is 3.03. The molecule has 1 heterocycles. The topological polar surface area (TPSA) is 44.3 Å². The van der Waals surface area contributed by atoms with Crippen molar-refractivity contribution < 1.29 is 5.11 Å². The number of halogens is 1. The smallest absolute Gasteiger partial charge is 0.134 e. The van der Waals surface area contributed by atoms with E-state index in [1.807, 2.05) is 6.07 Å². The molecule has 0 bridgehead atoms. The molecular formula is C12H17ClN2O. The molecule has 1 saturated heterocycles. The van der Waals surface area contributed by atoms with Gasteiger partial charge in [-0.2, -0.15) is 0 Å². The molecule has 0 saturated carbocycles. The van der Waals surface area contributed by atoms with E-state index in [4.69, 9.17) is 11.6 Å². The monoisotopic (exact) mass is 240 g/mol. The van der Waals surface area contributed by atoms with Gasteiger partial charge < -0.3 is 15.7 Å². The van der Waals surface area contributed by atoms with Crippen LogP contribution in [0.25, 0.3) is 0 Å². The number of rotatable bonds is 3. The van der Waals surface area contributed by atoms with Crippen LogP contribution in [0.4, 0.5) is 5.69 Å². The summed E-state index contributed by atoms with van der Waals surface area (Å²) in [6, 6.07) is 5.74. The molecule has 3 N–H and O–H groups in total. The molecular weight excluding hydrogens is 224 g/mol. The molecule has 1 aliphatic heterocycles. The van der Waals surface area contributed by atoms with Crippen molar-refractivity contribution >= 4 is 17.3 Å². The molecule has 1 atom stereocenters. The van der Waals surface area contributed by atoms with Gasteiger partial charge in [-0.05, 0) is 37.6 Å². The van der Waals surface area contributed by atoms with Crippen molar-refractivity contribution in [2.45, 2.75) is 25.3 Å². The summed E-state index contributed by atoms with van der Waals surface area (Å²) in [4.78, 5) is 0. The van der Waals surface area contributed by atoms with Crippen molar-refractivity contribution in [2.75, 3.05) is 18.4 Å². The zero-order valence-electron chi connectivity index (χ0n) is 9.17. The Bertz CT molecular complexity index is 351. The van der Waals surface area contributed by atoms with Crippen molar-refractivity contribution in [3.63, 3.8) is 0 Å². The normalized spacial score (nSPS) is 20.7. The first-order valence-corrected chi connectivity index (χ1v) is 6.09. The molecule has 0 radical (unpaired) electrons. The summed E-state index contributed by atoms with van der Waals surface area (Å²) in [5.41, 5.74) is 0.954. The lowest BCUT2D eigenvalue weighted by atomic mass is 10.1. The van der Waals surface area contributed by atoms with E-state index in [0.29, 0.717) is 11.1 Å². The van der Waals surface area contributed by atoms with Gasteiger partial charge in [0.1, 0.15) is 5.75 Å². The molecule has 3 nitrogen and oxygen atoms in total. The predicted molar refractivity (Wildman–Crippen MR) is 67.2 cm³/mol. The Hall–Kier alpha value is -0.930. The molecule has 1 unspecified atom stereocenters. The van der Waals surface area contributed by atoms with Crippen molar-refractivity contribution in [3.8, 4) is 5.75 Å². The van der Waals surface area contributed by atoms with Crippen LogP contribution in [0.3, 0.4) is 0 Å². The second kappa shape index (κ2) is 5.41. The first-order chi connectivity index (χ1) is 7.75. The number of aromatic hydroxyl groups is 1. The fraction of sp³-hybridized carbons (Fsp3) is 0.500. The van der Waals surface area contributed by atoms with E-state index >= 15 is 0 Å². The van der Waals surface area contributed by atoms with Crippen LogP contribution in [-0.4, -0.2) is 24.2 Å². The quantitative estimate of drug-likeness (QED) is 0.712. The van der Waals surface area contributed by atoms with Gasteiger partial charge in [-0.1, -0.05) is 18.0 Å². The number of benzene rings is 1. The average Bonchev–Trinajstić information content (AvgIpc) is 2.32. The van der Waals surface area contributed by atoms with Gasteiger partial charge in [0.2, 0.25) is 0 Å². The largest absolute Gasteiger partial charge is 0.506 e. The second-order valence-corrected chi connectivity index (χ2v) is 4.60. The van der Waals surface area contributed by atoms with E-state index < -0.39 is 0 Å². The number of phenolic OH excluding ortho intramolecular Hbond substituents is 1. The SMILES string of the molecule is Oc1ccc(NCC2CCCCN2)cc1Cl. The van der Waals surface area contributed by atoms with E-state index in [1.165, 1.54) is 19.3 Å². The first kappa shape index (κ1) is 11.6. The zero-order valence-corrected chi connectivity index (χ0v) is 9.93. The number of piperidine rings is 1. The van der Waals surface area contributed by atoms with Gasteiger partial charge in [-0.25, -0.2) is 0 Å².